The van der Waals surface area contributed by atoms with Gasteiger partial charge in [0.15, 0.2) is 0 Å². The van der Waals surface area contributed by atoms with Crippen molar-refractivity contribution in [2.24, 2.45) is 0 Å². The number of carbonyl (C=O) groups excluding carboxylic acids is 2. The number of hydrogen-bond donors (Lipinski definition) is 1. The summed E-state index contributed by atoms with van der Waals surface area (Å²) in [6.45, 7) is 6.74. The Hall–Kier alpha value is -1.55. The normalized spacial score (nSPS) is 11.8. The van der Waals surface area contributed by atoms with E-state index in [0.717, 1.165) is 0 Å². The molecule has 1 atom stereocenters. The Balaban J connectivity index is 2.72. The largest absolute Gasteiger partial charge is 0.341 e. The smallest absolute Gasteiger partial charge is 0.253 e. The van der Waals surface area contributed by atoms with Gasteiger partial charge in [-0.2, -0.15) is 0 Å². The van der Waals surface area contributed by atoms with E-state index >= 15 is 0 Å². The standard InChI is InChI=1S/C14H19ClN2O2/c1-4-17(5-2)14(19)10(3)16-13(18)11-8-6-7-9-12(11)15/h6-10H,4-5H2,1-3H3,(H,16,18). The fourth-order valence-electron chi connectivity index (χ4n) is 1.79. The molecule has 0 aliphatic heterocycles. The number of amides is 2. The molecule has 4 nitrogen and oxygen atoms in total. The Morgan fingerprint density at radius 2 is 1.84 bits per heavy atom. The van der Waals surface area contributed by atoms with Gasteiger partial charge < -0.3 is 10.2 Å². The summed E-state index contributed by atoms with van der Waals surface area (Å²) in [5.74, 6) is -0.427. The fourth-order valence-corrected chi connectivity index (χ4v) is 2.01. The van der Waals surface area contributed by atoms with Crippen molar-refractivity contribution in [3.63, 3.8) is 0 Å². The van der Waals surface area contributed by atoms with E-state index in [-0.39, 0.29) is 11.8 Å². The van der Waals surface area contributed by atoms with Crippen molar-refractivity contribution in [1.29, 1.82) is 0 Å². The van der Waals surface area contributed by atoms with Crippen LogP contribution < -0.4 is 5.32 Å². The molecule has 104 valence electrons. The Bertz CT molecular complexity index is 459. The Morgan fingerprint density at radius 1 is 1.26 bits per heavy atom. The molecule has 5 heteroatoms. The predicted octanol–water partition coefficient (Wildman–Crippen LogP) is 2.33. The molecule has 19 heavy (non-hydrogen) atoms. The molecular formula is C14H19ClN2O2. The molecule has 0 aliphatic rings. The predicted molar refractivity (Wildman–Crippen MR) is 76.3 cm³/mol. The molecule has 0 saturated heterocycles. The average molecular weight is 283 g/mol. The van der Waals surface area contributed by atoms with Crippen LogP contribution in [0.25, 0.3) is 0 Å². The van der Waals surface area contributed by atoms with E-state index in [1.54, 1.807) is 36.1 Å². The van der Waals surface area contributed by atoms with Crippen LogP contribution in [0.1, 0.15) is 31.1 Å². The molecule has 1 N–H and O–H groups in total. The van der Waals surface area contributed by atoms with Gasteiger partial charge in [0.05, 0.1) is 10.6 Å². The Kier molecular flexibility index (Phi) is 5.83. The van der Waals surface area contributed by atoms with Crippen LogP contribution in [0.4, 0.5) is 0 Å². The molecule has 0 saturated carbocycles. The topological polar surface area (TPSA) is 49.4 Å². The lowest BCUT2D eigenvalue weighted by atomic mass is 10.2. The molecule has 0 heterocycles. The van der Waals surface area contributed by atoms with Gasteiger partial charge in [0.2, 0.25) is 5.91 Å². The van der Waals surface area contributed by atoms with Gasteiger partial charge in [-0.1, -0.05) is 23.7 Å². The molecule has 1 rings (SSSR count). The first-order chi connectivity index (χ1) is 9.01. The minimum absolute atomic E-state index is 0.0922. The first-order valence-electron chi connectivity index (χ1n) is 6.35. The van der Waals surface area contributed by atoms with Crippen molar-refractivity contribution in [3.05, 3.63) is 34.9 Å². The van der Waals surface area contributed by atoms with Crippen LogP contribution >= 0.6 is 11.6 Å². The van der Waals surface area contributed by atoms with Gasteiger partial charge in [0, 0.05) is 13.1 Å². The van der Waals surface area contributed by atoms with Gasteiger partial charge in [0.25, 0.3) is 5.91 Å². The van der Waals surface area contributed by atoms with Crippen molar-refractivity contribution in [1.82, 2.24) is 10.2 Å². The van der Waals surface area contributed by atoms with E-state index in [1.165, 1.54) is 0 Å². The first kappa shape index (κ1) is 15.5. The summed E-state index contributed by atoms with van der Waals surface area (Å²) in [6, 6.07) is 6.20. The number of carbonyl (C=O) groups is 2. The van der Waals surface area contributed by atoms with Crippen molar-refractivity contribution in [3.8, 4) is 0 Å². The van der Waals surface area contributed by atoms with Gasteiger partial charge >= 0.3 is 0 Å². The van der Waals surface area contributed by atoms with Crippen LogP contribution in [0.5, 0.6) is 0 Å². The van der Waals surface area contributed by atoms with E-state index < -0.39 is 6.04 Å². The third kappa shape index (κ3) is 3.96. The monoisotopic (exact) mass is 282 g/mol. The summed E-state index contributed by atoms with van der Waals surface area (Å²) in [5.41, 5.74) is 0.378. The summed E-state index contributed by atoms with van der Waals surface area (Å²) in [5, 5.41) is 3.05. The molecule has 1 aromatic carbocycles. The van der Waals surface area contributed by atoms with Gasteiger partial charge in [-0.25, -0.2) is 0 Å². The van der Waals surface area contributed by atoms with Gasteiger partial charge in [-0.3, -0.25) is 9.59 Å². The van der Waals surface area contributed by atoms with Crippen LogP contribution in [0, 0.1) is 0 Å². The van der Waals surface area contributed by atoms with Gasteiger partial charge in [-0.05, 0) is 32.9 Å². The number of benzene rings is 1. The highest BCUT2D eigenvalue weighted by Crippen LogP contribution is 2.14. The second kappa shape index (κ2) is 7.14. The van der Waals surface area contributed by atoms with Gasteiger partial charge in [-0.15, -0.1) is 0 Å². The lowest BCUT2D eigenvalue weighted by molar-refractivity contribution is -0.132. The maximum Gasteiger partial charge on any atom is 0.253 e. The fraction of sp³-hybridized carbons (Fsp3) is 0.429. The van der Waals surface area contributed by atoms with Crippen molar-refractivity contribution < 1.29 is 9.59 Å². The average Bonchev–Trinajstić information content (AvgIpc) is 2.40. The molecular weight excluding hydrogens is 264 g/mol. The SMILES string of the molecule is CCN(CC)C(=O)C(C)NC(=O)c1ccccc1Cl. The van der Waals surface area contributed by atoms with E-state index in [0.29, 0.717) is 23.7 Å². The summed E-state index contributed by atoms with van der Waals surface area (Å²) < 4.78 is 0. The third-order valence-corrected chi connectivity index (χ3v) is 3.24. The van der Waals surface area contributed by atoms with Crippen molar-refractivity contribution in [2.45, 2.75) is 26.8 Å². The maximum atomic E-state index is 12.0. The number of nitrogens with one attached hydrogen (secondary N) is 1. The zero-order chi connectivity index (χ0) is 14.4. The van der Waals surface area contributed by atoms with Crippen LogP contribution in [0.15, 0.2) is 24.3 Å². The first-order valence-corrected chi connectivity index (χ1v) is 6.73. The lowest BCUT2D eigenvalue weighted by Crippen LogP contribution is -2.46. The van der Waals surface area contributed by atoms with Crippen molar-refractivity contribution >= 4 is 23.4 Å². The second-order valence-electron chi connectivity index (χ2n) is 4.19. The Labute approximate surface area is 118 Å². The Morgan fingerprint density at radius 3 is 2.37 bits per heavy atom. The molecule has 0 fully saturated rings. The minimum Gasteiger partial charge on any atom is -0.341 e. The minimum atomic E-state index is -0.566. The quantitative estimate of drug-likeness (QED) is 0.901. The van der Waals surface area contributed by atoms with Crippen molar-refractivity contribution in [2.75, 3.05) is 13.1 Å². The highest BCUT2D eigenvalue weighted by molar-refractivity contribution is 6.33. The summed E-state index contributed by atoms with van der Waals surface area (Å²) in [4.78, 5) is 25.7. The summed E-state index contributed by atoms with van der Waals surface area (Å²) in [7, 11) is 0. The lowest BCUT2D eigenvalue weighted by Gasteiger charge is -2.23. The molecule has 0 bridgehead atoms. The zero-order valence-electron chi connectivity index (χ0n) is 11.4. The summed E-state index contributed by atoms with van der Waals surface area (Å²) in [6.07, 6.45) is 0. The highest BCUT2D eigenvalue weighted by atomic mass is 35.5. The van der Waals surface area contributed by atoms with Gasteiger partial charge in [0.1, 0.15) is 6.04 Å². The van der Waals surface area contributed by atoms with Crippen LogP contribution in [-0.2, 0) is 4.79 Å². The number of halogens is 1. The third-order valence-electron chi connectivity index (χ3n) is 2.91. The summed E-state index contributed by atoms with van der Waals surface area (Å²) >= 11 is 5.94. The second-order valence-corrected chi connectivity index (χ2v) is 4.59. The molecule has 1 aromatic rings. The van der Waals surface area contributed by atoms with E-state index in [9.17, 15) is 9.59 Å². The van der Waals surface area contributed by atoms with Crippen LogP contribution in [0.2, 0.25) is 5.02 Å². The molecule has 0 aliphatic carbocycles. The number of likely N-dealkylation sites (N-methyl/N-ethyl adjacent to an activating group) is 1. The number of nitrogens with zero attached hydrogens (tertiary/aromatic N) is 1. The van der Waals surface area contributed by atoms with E-state index in [4.69, 9.17) is 11.6 Å². The number of hydrogen-bond acceptors (Lipinski definition) is 2. The van der Waals surface area contributed by atoms with Crippen LogP contribution in [-0.4, -0.2) is 35.8 Å². The van der Waals surface area contributed by atoms with E-state index in [1.807, 2.05) is 13.8 Å². The zero-order valence-corrected chi connectivity index (χ0v) is 12.2. The molecule has 0 spiro atoms. The molecule has 1 unspecified atom stereocenters. The molecule has 2 amide bonds. The highest BCUT2D eigenvalue weighted by Gasteiger charge is 2.21. The van der Waals surface area contributed by atoms with Crippen LogP contribution in [0.3, 0.4) is 0 Å². The maximum absolute atomic E-state index is 12.0. The molecule has 0 radical (unpaired) electrons. The van der Waals surface area contributed by atoms with E-state index in [2.05, 4.69) is 5.32 Å². The molecule has 0 aromatic heterocycles. The number of rotatable bonds is 5.